The lowest BCUT2D eigenvalue weighted by Gasteiger charge is -2.41. The fourth-order valence-electron chi connectivity index (χ4n) is 4.39. The highest BCUT2D eigenvalue weighted by Crippen LogP contribution is 2.64. The van der Waals surface area contributed by atoms with E-state index in [0.29, 0.717) is 5.40 Å². The monoisotopic (exact) mass is 486 g/mol. The molecule has 0 N–H and O–H groups in total. The molecule has 1 atom stereocenters. The highest BCUT2D eigenvalue weighted by atomic mass is 32.4. The summed E-state index contributed by atoms with van der Waals surface area (Å²) in [5, 5.41) is 5.81. The second kappa shape index (κ2) is 10.5. The Morgan fingerprint density at radius 1 is 0.606 bits per heavy atom. The summed E-state index contributed by atoms with van der Waals surface area (Å²) in [5.41, 5.74) is 0.155. The summed E-state index contributed by atoms with van der Waals surface area (Å²) in [4.78, 5) is 0. The first-order chi connectivity index (χ1) is 15.9. The third-order valence-electron chi connectivity index (χ3n) is 5.86. The third-order valence-corrected chi connectivity index (χ3v) is 15.7. The summed E-state index contributed by atoms with van der Waals surface area (Å²) < 4.78 is 0. The van der Waals surface area contributed by atoms with Gasteiger partial charge in [0.25, 0.3) is 0 Å². The van der Waals surface area contributed by atoms with Gasteiger partial charge in [-0.2, -0.15) is 0 Å². The Hall–Kier alpha value is -2.04. The summed E-state index contributed by atoms with van der Waals surface area (Å²) in [6, 6.07) is 41.9. The summed E-state index contributed by atoms with van der Waals surface area (Å²) >= 11 is 6.93. The van der Waals surface area contributed by atoms with Gasteiger partial charge in [-0.1, -0.05) is 154 Å². The maximum Gasteiger partial charge on any atom is 0.0245 e. The molecular formula is C30H32P2S. The van der Waals surface area contributed by atoms with E-state index in [2.05, 4.69) is 142 Å². The average Bonchev–Trinajstić information content (AvgIpc) is 2.85. The molecule has 0 saturated heterocycles. The predicted molar refractivity (Wildman–Crippen MR) is 153 cm³/mol. The van der Waals surface area contributed by atoms with Gasteiger partial charge in [0.15, 0.2) is 0 Å². The maximum absolute atomic E-state index is 6.93. The maximum atomic E-state index is 6.93. The molecule has 0 bridgehead atoms. The molecule has 4 rings (SSSR count). The van der Waals surface area contributed by atoms with E-state index in [9.17, 15) is 0 Å². The normalized spacial score (nSPS) is 13.1. The second-order valence-corrected chi connectivity index (χ2v) is 17.1. The third kappa shape index (κ3) is 5.55. The largest absolute Gasteiger partial charge is 0.0869 e. The van der Waals surface area contributed by atoms with Gasteiger partial charge in [-0.15, -0.1) is 0 Å². The van der Waals surface area contributed by atoms with Crippen molar-refractivity contribution in [2.45, 2.75) is 32.6 Å². The van der Waals surface area contributed by atoms with Crippen molar-refractivity contribution in [2.75, 3.05) is 0 Å². The molecule has 0 aliphatic heterocycles. The minimum atomic E-state index is -2.16. The van der Waals surface area contributed by atoms with Crippen molar-refractivity contribution in [3.05, 3.63) is 121 Å². The summed E-state index contributed by atoms with van der Waals surface area (Å²) in [6.07, 6.45) is 1.07. The highest BCUT2D eigenvalue weighted by molar-refractivity contribution is 8.25. The Balaban J connectivity index is 2.02. The number of hydrogen-bond donors (Lipinski definition) is 0. The van der Waals surface area contributed by atoms with Crippen LogP contribution in [0, 0.1) is 5.41 Å². The first-order valence-corrected chi connectivity index (χ1v) is 15.8. The standard InChI is InChI=1S/C30H32P2S/c1-30(2,3)24-29(31(25-16-8-4-9-17-25)26-18-10-5-11-19-26)32(33,27-20-12-6-13-21-27)28-22-14-7-15-23-28/h4-23,29H,24H2,1-3H3. The fraction of sp³-hybridized carbons (Fsp3) is 0.200. The van der Waals surface area contributed by atoms with Gasteiger partial charge < -0.3 is 0 Å². The molecule has 168 valence electrons. The van der Waals surface area contributed by atoms with Gasteiger partial charge in [-0.25, -0.2) is 0 Å². The molecule has 0 heterocycles. The zero-order chi connectivity index (χ0) is 23.3. The van der Waals surface area contributed by atoms with Crippen molar-refractivity contribution in [1.82, 2.24) is 0 Å². The van der Waals surface area contributed by atoms with Gasteiger partial charge in [0.05, 0.1) is 0 Å². The van der Waals surface area contributed by atoms with E-state index in [0.717, 1.165) is 6.42 Å². The van der Waals surface area contributed by atoms with Crippen LogP contribution in [0.5, 0.6) is 0 Å². The molecule has 1 unspecified atom stereocenters. The molecule has 0 amide bonds. The topological polar surface area (TPSA) is 0 Å². The van der Waals surface area contributed by atoms with E-state index in [1.54, 1.807) is 0 Å². The van der Waals surface area contributed by atoms with E-state index in [1.807, 2.05) is 0 Å². The van der Waals surface area contributed by atoms with E-state index in [4.69, 9.17) is 11.8 Å². The first-order valence-electron chi connectivity index (χ1n) is 11.5. The predicted octanol–water partition coefficient (Wildman–Crippen LogP) is 7.01. The van der Waals surface area contributed by atoms with Crippen molar-refractivity contribution in [3.63, 3.8) is 0 Å². The molecule has 33 heavy (non-hydrogen) atoms. The molecule has 4 aromatic rings. The Morgan fingerprint density at radius 2 is 0.939 bits per heavy atom. The van der Waals surface area contributed by atoms with Gasteiger partial charge in [0.1, 0.15) is 0 Å². The fourth-order valence-corrected chi connectivity index (χ4v) is 14.8. The first kappa shape index (κ1) is 24.1. The van der Waals surface area contributed by atoms with Crippen LogP contribution >= 0.6 is 14.0 Å². The molecule has 0 aliphatic carbocycles. The molecule has 0 saturated carbocycles. The minimum absolute atomic E-state index is 0.155. The zero-order valence-electron chi connectivity index (χ0n) is 19.6. The Bertz CT molecular complexity index is 1100. The molecule has 4 aromatic carbocycles. The van der Waals surface area contributed by atoms with Crippen molar-refractivity contribution in [1.29, 1.82) is 0 Å². The lowest BCUT2D eigenvalue weighted by molar-refractivity contribution is 0.393. The van der Waals surface area contributed by atoms with Crippen molar-refractivity contribution in [3.8, 4) is 0 Å². The lowest BCUT2D eigenvalue weighted by Crippen LogP contribution is -2.32. The van der Waals surface area contributed by atoms with E-state index >= 15 is 0 Å². The van der Waals surface area contributed by atoms with Gasteiger partial charge >= 0.3 is 0 Å². The van der Waals surface area contributed by atoms with Crippen LogP contribution in [-0.4, -0.2) is 5.40 Å². The number of hydrogen-bond acceptors (Lipinski definition) is 1. The van der Waals surface area contributed by atoms with E-state index in [1.165, 1.54) is 21.2 Å². The van der Waals surface area contributed by atoms with Crippen LogP contribution in [0.25, 0.3) is 0 Å². The second-order valence-electron chi connectivity index (χ2n) is 9.62. The highest BCUT2D eigenvalue weighted by Gasteiger charge is 2.40. The molecular weight excluding hydrogens is 454 g/mol. The number of rotatable bonds is 7. The SMILES string of the molecule is CC(C)(C)CC(P(c1ccccc1)c1ccccc1)P(=S)(c1ccccc1)c1ccccc1. The van der Waals surface area contributed by atoms with Crippen LogP contribution in [0.15, 0.2) is 121 Å². The average molecular weight is 487 g/mol. The Labute approximate surface area is 205 Å². The van der Waals surface area contributed by atoms with Crippen LogP contribution in [0.4, 0.5) is 0 Å². The van der Waals surface area contributed by atoms with Gasteiger partial charge in [-0.3, -0.25) is 0 Å². The van der Waals surface area contributed by atoms with Crippen molar-refractivity contribution < 1.29 is 0 Å². The number of benzene rings is 4. The smallest absolute Gasteiger partial charge is 0.0245 e. The van der Waals surface area contributed by atoms with E-state index in [-0.39, 0.29) is 5.41 Å². The molecule has 3 heteroatoms. The van der Waals surface area contributed by atoms with Crippen LogP contribution in [0.3, 0.4) is 0 Å². The van der Waals surface area contributed by atoms with Crippen molar-refractivity contribution in [2.24, 2.45) is 5.41 Å². The molecule has 0 nitrogen and oxygen atoms in total. The molecule has 0 spiro atoms. The lowest BCUT2D eigenvalue weighted by atomic mass is 9.93. The Kier molecular flexibility index (Phi) is 7.65. The summed E-state index contributed by atoms with van der Waals surface area (Å²) in [5.74, 6) is 0. The van der Waals surface area contributed by atoms with Crippen LogP contribution in [0.1, 0.15) is 27.2 Å². The van der Waals surface area contributed by atoms with Gasteiger partial charge in [0.2, 0.25) is 0 Å². The summed E-state index contributed by atoms with van der Waals surface area (Å²) in [7, 11) is -0.669. The van der Waals surface area contributed by atoms with E-state index < -0.39 is 14.0 Å². The summed E-state index contributed by atoms with van der Waals surface area (Å²) in [6.45, 7) is 7.08. The quantitative estimate of drug-likeness (QED) is 0.253. The molecule has 0 aliphatic rings. The molecule has 0 fully saturated rings. The van der Waals surface area contributed by atoms with Crippen LogP contribution in [0.2, 0.25) is 0 Å². The molecule has 0 radical (unpaired) electrons. The molecule has 0 aromatic heterocycles. The Morgan fingerprint density at radius 3 is 1.27 bits per heavy atom. The van der Waals surface area contributed by atoms with Crippen molar-refractivity contribution >= 4 is 47.0 Å². The van der Waals surface area contributed by atoms with Crippen LogP contribution < -0.4 is 21.2 Å². The van der Waals surface area contributed by atoms with Gasteiger partial charge in [-0.05, 0) is 41.0 Å². The van der Waals surface area contributed by atoms with Gasteiger partial charge in [0, 0.05) is 11.4 Å². The minimum Gasteiger partial charge on any atom is -0.0869 e. The zero-order valence-corrected chi connectivity index (χ0v) is 22.2. The van der Waals surface area contributed by atoms with Crippen LogP contribution in [-0.2, 0) is 11.8 Å².